The Hall–Kier alpha value is -2.67. The lowest BCUT2D eigenvalue weighted by atomic mass is 10.2. The molecule has 6 nitrogen and oxygen atoms in total. The summed E-state index contributed by atoms with van der Waals surface area (Å²) in [5, 5.41) is 7.48. The predicted molar refractivity (Wildman–Crippen MR) is 98.8 cm³/mol. The summed E-state index contributed by atoms with van der Waals surface area (Å²) in [6.45, 7) is 4.09. The highest BCUT2D eigenvalue weighted by Gasteiger charge is 2.18. The first-order chi connectivity index (χ1) is 12.6. The number of ether oxygens (including phenoxy) is 1. The monoisotopic (exact) mass is 369 g/mol. The number of nitrogens with one attached hydrogen (secondary N) is 1. The fourth-order valence-corrected chi connectivity index (χ4v) is 4.05. The third kappa shape index (κ3) is 3.35. The Balaban J connectivity index is 1.43. The molecule has 2 heterocycles. The van der Waals surface area contributed by atoms with E-state index in [1.165, 1.54) is 4.88 Å². The summed E-state index contributed by atoms with van der Waals surface area (Å²) < 4.78 is 10.9. The van der Waals surface area contributed by atoms with Crippen LogP contribution < -0.4 is 10.1 Å². The van der Waals surface area contributed by atoms with E-state index >= 15 is 0 Å². The molecule has 2 aromatic heterocycles. The number of anilines is 1. The Kier molecular flexibility index (Phi) is 4.46. The summed E-state index contributed by atoms with van der Waals surface area (Å²) in [5.74, 6) is 1.19. The van der Waals surface area contributed by atoms with Crippen LogP contribution in [0.15, 0.2) is 28.8 Å². The Morgan fingerprint density at radius 2 is 2.23 bits per heavy atom. The number of benzene rings is 1. The molecule has 0 fully saturated rings. The molecule has 1 aliphatic carbocycles. The van der Waals surface area contributed by atoms with Crippen molar-refractivity contribution in [2.24, 2.45) is 0 Å². The van der Waals surface area contributed by atoms with Gasteiger partial charge in [0, 0.05) is 10.4 Å². The third-order valence-electron chi connectivity index (χ3n) is 4.48. The van der Waals surface area contributed by atoms with Gasteiger partial charge in [0.05, 0.1) is 17.0 Å². The van der Waals surface area contributed by atoms with Crippen LogP contribution in [-0.4, -0.2) is 16.0 Å². The summed E-state index contributed by atoms with van der Waals surface area (Å²) in [6.07, 6.45) is 3.23. The Labute approximate surface area is 155 Å². The van der Waals surface area contributed by atoms with Gasteiger partial charge in [-0.05, 0) is 51.3 Å². The zero-order valence-corrected chi connectivity index (χ0v) is 15.5. The lowest BCUT2D eigenvalue weighted by molar-refractivity contribution is 0.102. The van der Waals surface area contributed by atoms with Gasteiger partial charge < -0.3 is 9.26 Å². The van der Waals surface area contributed by atoms with E-state index in [2.05, 4.69) is 15.5 Å². The molecule has 0 radical (unpaired) electrons. The van der Waals surface area contributed by atoms with Crippen LogP contribution in [0.1, 0.15) is 44.4 Å². The number of hydrogen-bond acceptors (Lipinski definition) is 6. The summed E-state index contributed by atoms with van der Waals surface area (Å²) in [4.78, 5) is 18.3. The molecule has 0 saturated heterocycles. The summed E-state index contributed by atoms with van der Waals surface area (Å²) in [5.41, 5.74) is 3.41. The van der Waals surface area contributed by atoms with Gasteiger partial charge in [0.1, 0.15) is 18.1 Å². The van der Waals surface area contributed by atoms with E-state index in [-0.39, 0.29) is 5.91 Å². The topological polar surface area (TPSA) is 77.2 Å². The fraction of sp³-hybridized carbons (Fsp3) is 0.316. The molecule has 1 N–H and O–H groups in total. The smallest absolute Gasteiger partial charge is 0.257 e. The first-order valence-corrected chi connectivity index (χ1v) is 9.36. The molecule has 1 aliphatic rings. The molecule has 0 saturated carbocycles. The van der Waals surface area contributed by atoms with Crippen LogP contribution in [-0.2, 0) is 19.4 Å². The standard InChI is InChI=1S/C19H19N3O3S/c1-11-15(12(2)25-22-11)10-24-14-6-3-5-13(9-14)18(23)21-19-20-16-7-4-8-17(16)26-19/h3,5-6,9H,4,7-8,10H2,1-2H3,(H,20,21,23). The van der Waals surface area contributed by atoms with Crippen LogP contribution in [0.2, 0.25) is 0 Å². The average molecular weight is 369 g/mol. The van der Waals surface area contributed by atoms with Crippen molar-refractivity contribution in [2.75, 3.05) is 5.32 Å². The minimum atomic E-state index is -0.180. The minimum absolute atomic E-state index is 0.180. The molecule has 134 valence electrons. The van der Waals surface area contributed by atoms with Crippen molar-refractivity contribution in [1.29, 1.82) is 0 Å². The number of carbonyl (C=O) groups excluding carboxylic acids is 1. The number of aromatic nitrogens is 2. The summed E-state index contributed by atoms with van der Waals surface area (Å²) in [7, 11) is 0. The highest BCUT2D eigenvalue weighted by Crippen LogP contribution is 2.30. The molecule has 0 atom stereocenters. The van der Waals surface area contributed by atoms with Gasteiger partial charge in [0.2, 0.25) is 0 Å². The Bertz CT molecular complexity index is 920. The Morgan fingerprint density at radius 3 is 3.00 bits per heavy atom. The number of nitrogens with zero attached hydrogens (tertiary/aromatic N) is 2. The van der Waals surface area contributed by atoms with E-state index in [1.54, 1.807) is 29.5 Å². The summed E-state index contributed by atoms with van der Waals surface area (Å²) >= 11 is 1.57. The molecule has 3 aromatic rings. The molecule has 1 aromatic carbocycles. The van der Waals surface area contributed by atoms with Crippen LogP contribution in [0.3, 0.4) is 0 Å². The van der Waals surface area contributed by atoms with E-state index in [4.69, 9.17) is 9.26 Å². The lowest BCUT2D eigenvalue weighted by Crippen LogP contribution is -2.12. The number of amides is 1. The van der Waals surface area contributed by atoms with Crippen LogP contribution in [0.25, 0.3) is 0 Å². The SMILES string of the molecule is Cc1noc(C)c1COc1cccc(C(=O)Nc2nc3c(s2)CCC3)c1. The van der Waals surface area contributed by atoms with Gasteiger partial charge in [-0.3, -0.25) is 10.1 Å². The number of thiazole rings is 1. The molecule has 1 amide bonds. The van der Waals surface area contributed by atoms with Gasteiger partial charge in [0.15, 0.2) is 5.13 Å². The van der Waals surface area contributed by atoms with Crippen LogP contribution in [0, 0.1) is 13.8 Å². The summed E-state index contributed by atoms with van der Waals surface area (Å²) in [6, 6.07) is 7.13. The number of fused-ring (bicyclic) bond motifs is 1. The zero-order chi connectivity index (χ0) is 18.1. The highest BCUT2D eigenvalue weighted by atomic mass is 32.1. The van der Waals surface area contributed by atoms with Crippen LogP contribution in [0.5, 0.6) is 5.75 Å². The second-order valence-electron chi connectivity index (χ2n) is 6.32. The van der Waals surface area contributed by atoms with Crippen molar-refractivity contribution < 1.29 is 14.1 Å². The molecule has 4 rings (SSSR count). The van der Waals surface area contributed by atoms with Crippen molar-refractivity contribution in [1.82, 2.24) is 10.1 Å². The highest BCUT2D eigenvalue weighted by molar-refractivity contribution is 7.16. The van der Waals surface area contributed by atoms with E-state index in [0.717, 1.165) is 42.0 Å². The largest absolute Gasteiger partial charge is 0.489 e. The number of aryl methyl sites for hydroxylation is 4. The first kappa shape index (κ1) is 16.8. The maximum atomic E-state index is 12.5. The number of hydrogen-bond donors (Lipinski definition) is 1. The van der Waals surface area contributed by atoms with Gasteiger partial charge in [-0.15, -0.1) is 11.3 Å². The molecular weight excluding hydrogens is 350 g/mol. The van der Waals surface area contributed by atoms with E-state index < -0.39 is 0 Å². The molecule has 0 aliphatic heterocycles. The second kappa shape index (κ2) is 6.92. The fourth-order valence-electron chi connectivity index (χ4n) is 3.00. The molecule has 0 spiro atoms. The van der Waals surface area contributed by atoms with Gasteiger partial charge in [-0.2, -0.15) is 0 Å². The van der Waals surface area contributed by atoms with Crippen LogP contribution >= 0.6 is 11.3 Å². The van der Waals surface area contributed by atoms with Gasteiger partial charge in [0.25, 0.3) is 5.91 Å². The number of rotatable bonds is 5. The predicted octanol–water partition coefficient (Wildman–Crippen LogP) is 4.07. The second-order valence-corrected chi connectivity index (χ2v) is 7.40. The van der Waals surface area contributed by atoms with Crippen molar-refractivity contribution in [3.05, 3.63) is 57.4 Å². The van der Waals surface area contributed by atoms with Gasteiger partial charge >= 0.3 is 0 Å². The van der Waals surface area contributed by atoms with Crippen molar-refractivity contribution in [2.45, 2.75) is 39.7 Å². The van der Waals surface area contributed by atoms with Gasteiger partial charge in [-0.25, -0.2) is 4.98 Å². The van der Waals surface area contributed by atoms with E-state index in [0.29, 0.717) is 23.1 Å². The van der Waals surface area contributed by atoms with Crippen molar-refractivity contribution >= 4 is 22.4 Å². The average Bonchev–Trinajstić information content (AvgIpc) is 3.29. The van der Waals surface area contributed by atoms with Crippen molar-refractivity contribution in [3.8, 4) is 5.75 Å². The molecule has 7 heteroatoms. The molecule has 26 heavy (non-hydrogen) atoms. The van der Waals surface area contributed by atoms with Crippen molar-refractivity contribution in [3.63, 3.8) is 0 Å². The maximum absolute atomic E-state index is 12.5. The maximum Gasteiger partial charge on any atom is 0.257 e. The van der Waals surface area contributed by atoms with Gasteiger partial charge in [-0.1, -0.05) is 11.2 Å². The molecular formula is C19H19N3O3S. The normalized spacial score (nSPS) is 12.8. The lowest BCUT2D eigenvalue weighted by Gasteiger charge is -2.08. The minimum Gasteiger partial charge on any atom is -0.489 e. The van der Waals surface area contributed by atoms with E-state index in [9.17, 15) is 4.79 Å². The molecule has 0 bridgehead atoms. The van der Waals surface area contributed by atoms with E-state index in [1.807, 2.05) is 19.9 Å². The Morgan fingerprint density at radius 1 is 1.35 bits per heavy atom. The quantitative estimate of drug-likeness (QED) is 0.734. The molecule has 0 unspecified atom stereocenters. The van der Waals surface area contributed by atoms with Crippen LogP contribution in [0.4, 0.5) is 5.13 Å². The first-order valence-electron chi connectivity index (χ1n) is 8.54. The zero-order valence-electron chi connectivity index (χ0n) is 14.7. The number of carbonyl (C=O) groups is 1. The third-order valence-corrected chi connectivity index (χ3v) is 5.55.